The van der Waals surface area contributed by atoms with Crippen molar-refractivity contribution in [2.24, 2.45) is 0 Å². The molecule has 0 aliphatic carbocycles. The third kappa shape index (κ3) is 2.86. The number of ether oxygens (including phenoxy) is 1. The maximum atomic E-state index is 11.7. The number of methoxy groups -OCH3 is 1. The summed E-state index contributed by atoms with van der Waals surface area (Å²) >= 11 is 0. The summed E-state index contributed by atoms with van der Waals surface area (Å²) in [4.78, 5) is 19.0. The van der Waals surface area contributed by atoms with Crippen LogP contribution in [-0.4, -0.2) is 28.6 Å². The normalized spacial score (nSPS) is 10.0. The summed E-state index contributed by atoms with van der Waals surface area (Å²) in [5, 5.41) is 0. The van der Waals surface area contributed by atoms with E-state index in [-0.39, 0.29) is 5.89 Å². The highest BCUT2D eigenvalue weighted by Crippen LogP contribution is 2.32. The van der Waals surface area contributed by atoms with Crippen molar-refractivity contribution in [3.05, 3.63) is 72.1 Å². The van der Waals surface area contributed by atoms with Gasteiger partial charge in [0, 0.05) is 11.1 Å². The van der Waals surface area contributed by atoms with E-state index in [0.717, 1.165) is 11.1 Å². The fraction of sp³-hybridized carbons (Fsp3) is 0.0556. The number of nitrogens with zero attached hydrogens (tertiary/aromatic N) is 3. The van der Waals surface area contributed by atoms with Crippen LogP contribution in [0.15, 0.2) is 65.1 Å². The number of oxazole rings is 1. The van der Waals surface area contributed by atoms with Crippen LogP contribution in [0.1, 0.15) is 5.89 Å². The third-order valence-electron chi connectivity index (χ3n) is 3.39. The molecule has 6 nitrogen and oxygen atoms in total. The molecule has 3 aromatic rings. The Bertz CT molecular complexity index is 854. The average molecular weight is 319 g/mol. The highest BCUT2D eigenvalue weighted by Gasteiger charge is 2.32. The van der Waals surface area contributed by atoms with Gasteiger partial charge in [0.25, 0.3) is 0 Å². The minimum atomic E-state index is -0.835. The summed E-state index contributed by atoms with van der Waals surface area (Å²) in [5.41, 5.74) is 10.9. The first-order valence-electron chi connectivity index (χ1n) is 7.17. The van der Waals surface area contributed by atoms with Gasteiger partial charge < -0.3 is 14.7 Å². The fourth-order valence-corrected chi connectivity index (χ4v) is 2.27. The molecule has 0 aliphatic heterocycles. The van der Waals surface area contributed by atoms with Crippen LogP contribution in [0.5, 0.6) is 0 Å². The van der Waals surface area contributed by atoms with Crippen LogP contribution in [-0.2, 0) is 9.53 Å². The van der Waals surface area contributed by atoms with Crippen LogP contribution in [0.2, 0.25) is 0 Å². The Kier molecular flexibility index (Phi) is 4.32. The molecular weight excluding hydrogens is 306 g/mol. The molecule has 1 heterocycles. The Morgan fingerprint density at radius 1 is 1.04 bits per heavy atom. The monoisotopic (exact) mass is 319 g/mol. The van der Waals surface area contributed by atoms with Crippen molar-refractivity contribution in [2.75, 3.05) is 7.11 Å². The largest absolute Gasteiger partial charge is 0.460 e. The number of esters is 1. The average Bonchev–Trinajstić information content (AvgIpc) is 3.08. The van der Waals surface area contributed by atoms with E-state index in [2.05, 4.69) is 14.5 Å². The Morgan fingerprint density at radius 3 is 2.17 bits per heavy atom. The first-order valence-corrected chi connectivity index (χ1v) is 7.17. The topological polar surface area (TPSA) is 88.7 Å². The highest BCUT2D eigenvalue weighted by atomic mass is 16.5. The van der Waals surface area contributed by atoms with Crippen molar-refractivity contribution in [3.8, 4) is 22.6 Å². The van der Waals surface area contributed by atoms with Crippen molar-refractivity contribution in [3.63, 3.8) is 0 Å². The summed E-state index contributed by atoms with van der Waals surface area (Å²) in [5.74, 6) is -0.470. The molecule has 0 amide bonds. The Hall–Kier alpha value is -3.50. The molecule has 0 radical (unpaired) electrons. The summed E-state index contributed by atoms with van der Waals surface area (Å²) in [6, 6.07) is 18.7. The van der Waals surface area contributed by atoms with Gasteiger partial charge in [-0.2, -0.15) is 4.79 Å². The van der Waals surface area contributed by atoms with Crippen molar-refractivity contribution in [1.29, 1.82) is 0 Å². The molecule has 0 atom stereocenters. The Balaban J connectivity index is 2.20. The molecule has 0 spiro atoms. The predicted octanol–water partition coefficient (Wildman–Crippen LogP) is 3.20. The molecule has 0 aliphatic rings. The second-order valence-electron chi connectivity index (χ2n) is 4.87. The minimum Gasteiger partial charge on any atom is -0.460 e. The number of hydrogen-bond acceptors (Lipinski definition) is 4. The molecule has 118 valence electrons. The van der Waals surface area contributed by atoms with Gasteiger partial charge >= 0.3 is 17.6 Å². The number of benzene rings is 2. The summed E-state index contributed by atoms with van der Waals surface area (Å²) in [6.45, 7) is 0. The second-order valence-corrected chi connectivity index (χ2v) is 4.87. The zero-order chi connectivity index (χ0) is 16.9. The van der Waals surface area contributed by atoms with E-state index < -0.39 is 11.7 Å². The first kappa shape index (κ1) is 15.4. The van der Waals surface area contributed by atoms with Crippen LogP contribution < -0.4 is 0 Å². The standard InChI is InChI=1S/C18H13N3O3/c1-23-18(22)15(21-19)17-20-14(12-8-4-2-5-9-12)16(24-17)13-10-6-3-7-11-13/h2-11H,1H3. The van der Waals surface area contributed by atoms with Gasteiger partial charge in [-0.05, 0) is 0 Å². The molecule has 3 rings (SSSR count). The van der Waals surface area contributed by atoms with Gasteiger partial charge in [0.1, 0.15) is 5.69 Å². The smallest absolute Gasteiger partial charge is 0.460 e. The van der Waals surface area contributed by atoms with Crippen LogP contribution in [0.4, 0.5) is 0 Å². The van der Waals surface area contributed by atoms with E-state index in [9.17, 15) is 4.79 Å². The summed E-state index contributed by atoms with van der Waals surface area (Å²) in [6.07, 6.45) is 0. The molecule has 0 bridgehead atoms. The van der Waals surface area contributed by atoms with Crippen LogP contribution >= 0.6 is 0 Å². The molecular formula is C18H13N3O3. The lowest BCUT2D eigenvalue weighted by atomic mass is 10.1. The van der Waals surface area contributed by atoms with Crippen molar-refractivity contribution >= 4 is 11.7 Å². The molecule has 0 saturated heterocycles. The lowest BCUT2D eigenvalue weighted by Gasteiger charge is -2.00. The van der Waals surface area contributed by atoms with Crippen molar-refractivity contribution in [1.82, 2.24) is 4.98 Å². The third-order valence-corrected chi connectivity index (χ3v) is 3.39. The van der Waals surface area contributed by atoms with Gasteiger partial charge in [0.2, 0.25) is 0 Å². The number of carbonyl (C=O) groups excluding carboxylic acids is 1. The van der Waals surface area contributed by atoms with Gasteiger partial charge in [-0.1, -0.05) is 60.7 Å². The lowest BCUT2D eigenvalue weighted by Crippen LogP contribution is -2.18. The van der Waals surface area contributed by atoms with Crippen LogP contribution in [0.25, 0.3) is 28.1 Å². The molecule has 0 unspecified atom stereocenters. The van der Waals surface area contributed by atoms with E-state index in [1.54, 1.807) is 0 Å². The van der Waals surface area contributed by atoms with E-state index in [1.807, 2.05) is 60.7 Å². The van der Waals surface area contributed by atoms with Crippen LogP contribution in [0.3, 0.4) is 0 Å². The minimum absolute atomic E-state index is 0.109. The SMILES string of the molecule is COC(=O)C(=[N+]=[N-])c1nc(-c2ccccc2)c(-c2ccccc2)o1. The lowest BCUT2D eigenvalue weighted by molar-refractivity contribution is -0.137. The van der Waals surface area contributed by atoms with Crippen LogP contribution in [0, 0.1) is 0 Å². The number of carbonyl (C=O) groups is 1. The first-order chi connectivity index (χ1) is 11.7. The second kappa shape index (κ2) is 6.73. The van der Waals surface area contributed by atoms with Gasteiger partial charge in [-0.15, -0.1) is 0 Å². The van der Waals surface area contributed by atoms with Gasteiger partial charge in [0.05, 0.1) is 7.11 Å². The highest BCUT2D eigenvalue weighted by molar-refractivity contribution is 6.39. The number of aromatic nitrogens is 1. The van der Waals surface area contributed by atoms with E-state index >= 15 is 0 Å². The zero-order valence-electron chi connectivity index (χ0n) is 12.8. The van der Waals surface area contributed by atoms with E-state index in [4.69, 9.17) is 9.95 Å². The Morgan fingerprint density at radius 2 is 1.62 bits per heavy atom. The molecule has 0 saturated carbocycles. The zero-order valence-corrected chi connectivity index (χ0v) is 12.8. The molecule has 2 aromatic carbocycles. The van der Waals surface area contributed by atoms with Gasteiger partial charge in [-0.25, -0.2) is 9.78 Å². The summed E-state index contributed by atoms with van der Waals surface area (Å²) < 4.78 is 10.3. The Labute approximate surface area is 138 Å². The van der Waals surface area contributed by atoms with E-state index in [0.29, 0.717) is 11.5 Å². The van der Waals surface area contributed by atoms with Gasteiger partial charge in [-0.3, -0.25) is 0 Å². The molecule has 0 N–H and O–H groups in total. The maximum Gasteiger partial charge on any atom is 0.460 e. The maximum absolute atomic E-state index is 11.7. The van der Waals surface area contributed by atoms with Crippen molar-refractivity contribution < 1.29 is 18.7 Å². The molecule has 24 heavy (non-hydrogen) atoms. The predicted molar refractivity (Wildman–Crippen MR) is 87.1 cm³/mol. The fourth-order valence-electron chi connectivity index (χ4n) is 2.27. The quantitative estimate of drug-likeness (QED) is 0.320. The number of hydrogen-bond donors (Lipinski definition) is 0. The summed E-state index contributed by atoms with van der Waals surface area (Å²) in [7, 11) is 1.19. The molecule has 0 fully saturated rings. The van der Waals surface area contributed by atoms with Gasteiger partial charge in [0.15, 0.2) is 5.76 Å². The number of rotatable bonds is 4. The van der Waals surface area contributed by atoms with E-state index in [1.165, 1.54) is 7.11 Å². The van der Waals surface area contributed by atoms with Crippen molar-refractivity contribution in [2.45, 2.75) is 0 Å². The molecule has 1 aromatic heterocycles. The molecule has 6 heteroatoms.